The molecule has 1 aliphatic heterocycles. The number of aliphatic hydroxyl groups is 2. The van der Waals surface area contributed by atoms with E-state index in [4.69, 9.17) is 31.1 Å². The zero-order chi connectivity index (χ0) is 41.8. The van der Waals surface area contributed by atoms with Crippen LogP contribution in [0.4, 0.5) is 11.6 Å². The average Bonchev–Trinajstić information content (AvgIpc) is 3.69. The van der Waals surface area contributed by atoms with E-state index in [0.29, 0.717) is 0 Å². The molecule has 4 aromatic rings. The normalized spacial score (nSPS) is 18.7. The molecule has 57 heavy (non-hydrogen) atoms. The van der Waals surface area contributed by atoms with E-state index in [-0.39, 0.29) is 52.6 Å². The number of carboxylic acid groups (broad SMARTS) is 2. The number of amides is 3. The SMILES string of the molecule is NC(=O)c1ncn([C@@H]2O[C@H](COP(=O)(O)O)[C@@H](O)[C@H]2O)c1/C=C/C(=O)N(Cc1ccc2nc(N)[nH]c(=O)c2n1)c1ccc(C(=O)NC(CCC(=O)O)C(=O)O)cc1. The number of H-pyrrole nitrogens is 1. The molecule has 0 aliphatic carbocycles. The molecule has 1 unspecified atom stereocenters. The number of aliphatic hydroxyl groups excluding tert-OH is 2. The number of hydrogen-bond acceptors (Lipinski definition) is 15. The highest BCUT2D eigenvalue weighted by atomic mass is 31.2. The van der Waals surface area contributed by atoms with E-state index in [2.05, 4.69) is 29.8 Å². The summed E-state index contributed by atoms with van der Waals surface area (Å²) in [5.74, 6) is -5.62. The fraction of sp³-hybridized carbons (Fsp3) is 0.281. The Balaban J connectivity index is 1.48. The van der Waals surface area contributed by atoms with Crippen molar-refractivity contribution >= 4 is 66.2 Å². The minimum atomic E-state index is -4.99. The van der Waals surface area contributed by atoms with Crippen LogP contribution in [0.3, 0.4) is 0 Å². The van der Waals surface area contributed by atoms with Gasteiger partial charge in [0.1, 0.15) is 24.4 Å². The fourth-order valence-corrected chi connectivity index (χ4v) is 5.97. The van der Waals surface area contributed by atoms with Crippen LogP contribution in [0.25, 0.3) is 17.1 Å². The fourth-order valence-electron chi connectivity index (χ4n) is 5.62. The number of pyridine rings is 1. The number of nitrogens with two attached hydrogens (primary N) is 2. The lowest BCUT2D eigenvalue weighted by atomic mass is 10.1. The van der Waals surface area contributed by atoms with Crippen molar-refractivity contribution in [3.63, 3.8) is 0 Å². The first kappa shape index (κ1) is 41.8. The standard InChI is InChI=1S/C32H34N9O15P/c33-27(47)24-19(41(13-35-24)30-26(46)25(45)20(56-30)12-55-57(52,53)54)8-9-21(42)40(11-15-3-6-17-23(36-15)29(49)39-32(34)38-17)16-4-1-14(2-5-16)28(48)37-18(31(50)51)7-10-22(43)44/h1-6,8-9,13,18,20,25-26,30,45-46H,7,10-12H2,(H2,33,47)(H,37,48)(H,43,44)(H,50,51)(H2,52,53,54)(H3,34,38,39,49)/b9-8+/t18?,20-,25-,26-,30-/m1/s1. The molecule has 302 valence electrons. The van der Waals surface area contributed by atoms with Gasteiger partial charge in [-0.2, -0.15) is 0 Å². The lowest BCUT2D eigenvalue weighted by molar-refractivity contribution is -0.140. The highest BCUT2D eigenvalue weighted by molar-refractivity contribution is 7.46. The number of ether oxygens (including phenoxy) is 1. The number of nitrogen functional groups attached to an aromatic ring is 1. The molecule has 25 heteroatoms. The van der Waals surface area contributed by atoms with Gasteiger partial charge in [-0.3, -0.25) is 33.5 Å². The topological polar surface area (TPSA) is 386 Å². The summed E-state index contributed by atoms with van der Waals surface area (Å²) < 4.78 is 22.2. The van der Waals surface area contributed by atoms with Gasteiger partial charge in [0.15, 0.2) is 17.4 Å². The molecule has 0 spiro atoms. The number of primary amides is 1. The van der Waals surface area contributed by atoms with Crippen LogP contribution in [-0.2, 0) is 34.8 Å². The van der Waals surface area contributed by atoms with Crippen LogP contribution >= 0.6 is 7.82 Å². The number of fused-ring (bicyclic) bond motifs is 1. The van der Waals surface area contributed by atoms with Gasteiger partial charge in [-0.05, 0) is 48.9 Å². The van der Waals surface area contributed by atoms with Crippen LogP contribution in [0.5, 0.6) is 0 Å². The number of nitrogens with zero attached hydrogens (tertiary/aromatic N) is 5. The smallest absolute Gasteiger partial charge is 0.469 e. The van der Waals surface area contributed by atoms with Crippen molar-refractivity contribution in [3.05, 3.63) is 81.8 Å². The van der Waals surface area contributed by atoms with E-state index in [1.54, 1.807) is 0 Å². The molecule has 5 atom stereocenters. The molecule has 0 bridgehead atoms. The van der Waals surface area contributed by atoms with Gasteiger partial charge in [0, 0.05) is 23.7 Å². The van der Waals surface area contributed by atoms with Crippen molar-refractivity contribution in [2.24, 2.45) is 5.73 Å². The predicted octanol–water partition coefficient (Wildman–Crippen LogP) is -1.78. The molecular formula is C32H34N9O15P. The molecule has 5 rings (SSSR count). The van der Waals surface area contributed by atoms with Gasteiger partial charge in [-0.25, -0.2) is 24.3 Å². The lowest BCUT2D eigenvalue weighted by Gasteiger charge is -2.22. The van der Waals surface area contributed by atoms with Crippen molar-refractivity contribution in [1.82, 2.24) is 29.8 Å². The quantitative estimate of drug-likeness (QED) is 0.0441. The highest BCUT2D eigenvalue weighted by Gasteiger charge is 2.45. The first-order valence-corrected chi connectivity index (χ1v) is 17.9. The number of aromatic nitrogens is 5. The van der Waals surface area contributed by atoms with Gasteiger partial charge in [0.25, 0.3) is 23.3 Å². The van der Waals surface area contributed by atoms with Crippen molar-refractivity contribution in [3.8, 4) is 0 Å². The Hall–Kier alpha value is -6.40. The lowest BCUT2D eigenvalue weighted by Crippen LogP contribution is -2.41. The maximum absolute atomic E-state index is 14.0. The molecule has 4 heterocycles. The zero-order valence-corrected chi connectivity index (χ0v) is 30.0. The number of aliphatic carboxylic acids is 2. The molecule has 0 saturated carbocycles. The second-order valence-corrected chi connectivity index (χ2v) is 13.5. The Bertz CT molecular complexity index is 2340. The van der Waals surface area contributed by atoms with Gasteiger partial charge >= 0.3 is 19.8 Å². The number of imidazole rings is 1. The summed E-state index contributed by atoms with van der Waals surface area (Å²) >= 11 is 0. The minimum Gasteiger partial charge on any atom is -0.481 e. The Labute approximate surface area is 318 Å². The van der Waals surface area contributed by atoms with Gasteiger partial charge < -0.3 is 61.2 Å². The molecule has 1 fully saturated rings. The first-order chi connectivity index (χ1) is 26.8. The van der Waals surface area contributed by atoms with Gasteiger partial charge in [0.05, 0.1) is 36.4 Å². The van der Waals surface area contributed by atoms with Gasteiger partial charge in [0.2, 0.25) is 5.95 Å². The Kier molecular flexibility index (Phi) is 12.6. The molecule has 3 amide bonds. The number of nitrogens with one attached hydrogen (secondary N) is 2. The summed E-state index contributed by atoms with van der Waals surface area (Å²) in [4.78, 5) is 108. The van der Waals surface area contributed by atoms with Crippen LogP contribution in [-0.4, -0.2) is 115 Å². The van der Waals surface area contributed by atoms with Gasteiger partial charge in [-0.1, -0.05) is 0 Å². The summed E-state index contributed by atoms with van der Waals surface area (Å²) in [7, 11) is -4.99. The van der Waals surface area contributed by atoms with Crippen LogP contribution < -0.4 is 27.2 Å². The van der Waals surface area contributed by atoms with Crippen LogP contribution in [0.15, 0.2) is 53.6 Å². The van der Waals surface area contributed by atoms with E-state index >= 15 is 0 Å². The third-order valence-corrected chi connectivity index (χ3v) is 8.86. The number of rotatable bonds is 16. The van der Waals surface area contributed by atoms with Crippen molar-refractivity contribution in [2.45, 2.75) is 50.0 Å². The molecule has 0 radical (unpaired) electrons. The predicted molar refractivity (Wildman–Crippen MR) is 192 cm³/mol. The largest absolute Gasteiger partial charge is 0.481 e. The number of benzene rings is 1. The number of aromatic amines is 1. The molecule has 12 N–H and O–H groups in total. The van der Waals surface area contributed by atoms with Crippen LogP contribution in [0.2, 0.25) is 0 Å². The minimum absolute atomic E-state index is 0.0564. The van der Waals surface area contributed by atoms with E-state index in [0.717, 1.165) is 27.9 Å². The first-order valence-electron chi connectivity index (χ1n) is 16.4. The third-order valence-electron chi connectivity index (χ3n) is 8.37. The summed E-state index contributed by atoms with van der Waals surface area (Å²) in [5, 5.41) is 41.8. The molecule has 3 aromatic heterocycles. The van der Waals surface area contributed by atoms with Crippen LogP contribution in [0.1, 0.15) is 51.3 Å². The molecule has 1 aromatic carbocycles. The third kappa shape index (κ3) is 10.1. The van der Waals surface area contributed by atoms with Gasteiger partial charge in [-0.15, -0.1) is 0 Å². The summed E-state index contributed by atoms with van der Waals surface area (Å²) in [5.41, 5.74) is 10.1. The number of carbonyl (C=O) groups excluding carboxylic acids is 3. The van der Waals surface area contributed by atoms with Crippen molar-refractivity contribution in [1.29, 1.82) is 0 Å². The van der Waals surface area contributed by atoms with Crippen molar-refractivity contribution < 1.29 is 68.0 Å². The van der Waals surface area contributed by atoms with E-state index in [1.807, 2.05) is 0 Å². The Morgan fingerprint density at radius 1 is 1.07 bits per heavy atom. The summed E-state index contributed by atoms with van der Waals surface area (Å²) in [6.45, 7) is -1.16. The van der Waals surface area contributed by atoms with E-state index < -0.39 is 92.3 Å². The maximum atomic E-state index is 14.0. The Morgan fingerprint density at radius 3 is 2.40 bits per heavy atom. The summed E-state index contributed by atoms with van der Waals surface area (Å²) in [6, 6.07) is 6.55. The molecule has 1 saturated heterocycles. The van der Waals surface area contributed by atoms with Crippen molar-refractivity contribution in [2.75, 3.05) is 17.2 Å². The van der Waals surface area contributed by atoms with E-state index in [9.17, 15) is 48.7 Å². The second-order valence-electron chi connectivity index (χ2n) is 12.3. The number of hydrogen-bond donors (Lipinski definition) is 10. The van der Waals surface area contributed by atoms with E-state index in [1.165, 1.54) is 36.4 Å². The highest BCUT2D eigenvalue weighted by Crippen LogP contribution is 2.39. The number of anilines is 2. The Morgan fingerprint density at radius 2 is 1.77 bits per heavy atom. The summed E-state index contributed by atoms with van der Waals surface area (Å²) in [6.07, 6.45) is -4.32. The number of carbonyl (C=O) groups is 5. The number of carboxylic acids is 2. The molecular weight excluding hydrogens is 781 g/mol. The zero-order valence-electron chi connectivity index (χ0n) is 29.1. The number of phosphoric acid groups is 1. The molecule has 1 aliphatic rings. The second kappa shape index (κ2) is 17.2. The van der Waals surface area contributed by atoms with Crippen LogP contribution in [0, 0.1) is 0 Å². The maximum Gasteiger partial charge on any atom is 0.469 e. The average molecular weight is 816 g/mol. The monoisotopic (exact) mass is 815 g/mol. The molecule has 24 nitrogen and oxygen atoms in total. The number of phosphoric ester groups is 1.